The smallest absolute Gasteiger partial charge is 0.239 e. The van der Waals surface area contributed by atoms with Crippen LogP contribution < -0.4 is 15.2 Å². The van der Waals surface area contributed by atoms with Crippen LogP contribution >= 0.6 is 0 Å². The zero-order chi connectivity index (χ0) is 13.8. The molecule has 0 saturated heterocycles. The third-order valence-corrected chi connectivity index (χ3v) is 3.15. The van der Waals surface area contributed by atoms with E-state index in [-0.39, 0.29) is 12.7 Å². The molecule has 2 N–H and O–H groups in total. The molecule has 0 fully saturated rings. The number of benzene rings is 1. The molecule has 0 saturated carbocycles. The van der Waals surface area contributed by atoms with Crippen molar-refractivity contribution in [2.45, 2.75) is 32.4 Å². The Hall–Kier alpha value is -1.75. The minimum absolute atomic E-state index is 0.0282. The average Bonchev–Trinajstić information content (AvgIpc) is 2.85. The fourth-order valence-electron chi connectivity index (χ4n) is 2.11. The predicted octanol–water partition coefficient (Wildman–Crippen LogP) is 1.50. The first-order chi connectivity index (χ1) is 9.11. The van der Waals surface area contributed by atoms with Gasteiger partial charge >= 0.3 is 0 Å². The van der Waals surface area contributed by atoms with Crippen molar-refractivity contribution in [2.24, 2.45) is 5.73 Å². The lowest BCUT2D eigenvalue weighted by molar-refractivity contribution is -0.132. The molecule has 0 aliphatic carbocycles. The minimum atomic E-state index is -0.413. The van der Waals surface area contributed by atoms with Crippen molar-refractivity contribution in [2.75, 3.05) is 13.8 Å². The molecule has 5 heteroatoms. The van der Waals surface area contributed by atoms with Gasteiger partial charge in [-0.15, -0.1) is 0 Å². The van der Waals surface area contributed by atoms with Crippen molar-refractivity contribution < 1.29 is 14.3 Å². The summed E-state index contributed by atoms with van der Waals surface area (Å²) in [5, 5.41) is 0. The van der Waals surface area contributed by atoms with Gasteiger partial charge < -0.3 is 20.1 Å². The van der Waals surface area contributed by atoms with Crippen molar-refractivity contribution in [3.8, 4) is 11.5 Å². The van der Waals surface area contributed by atoms with Gasteiger partial charge in [0.1, 0.15) is 0 Å². The quantitative estimate of drug-likeness (QED) is 0.875. The maximum absolute atomic E-state index is 12.0. The van der Waals surface area contributed by atoms with Crippen LogP contribution in [0.25, 0.3) is 0 Å². The summed E-state index contributed by atoms with van der Waals surface area (Å²) in [4.78, 5) is 13.7. The van der Waals surface area contributed by atoms with Crippen LogP contribution in [0.3, 0.4) is 0 Å². The summed E-state index contributed by atoms with van der Waals surface area (Å²) in [5.41, 5.74) is 6.84. The summed E-state index contributed by atoms with van der Waals surface area (Å²) >= 11 is 0. The molecule has 1 amide bonds. The van der Waals surface area contributed by atoms with Gasteiger partial charge in [-0.05, 0) is 24.1 Å². The molecular formula is C14H20N2O3. The van der Waals surface area contributed by atoms with Crippen LogP contribution in [0, 0.1) is 0 Å². The summed E-state index contributed by atoms with van der Waals surface area (Å²) in [6, 6.07) is 5.28. The predicted molar refractivity (Wildman–Crippen MR) is 71.9 cm³/mol. The summed E-state index contributed by atoms with van der Waals surface area (Å²) in [5.74, 6) is 1.45. The highest BCUT2D eigenvalue weighted by atomic mass is 16.7. The second kappa shape index (κ2) is 5.93. The third kappa shape index (κ3) is 3.17. The first-order valence-corrected chi connectivity index (χ1v) is 6.51. The Labute approximate surface area is 113 Å². The van der Waals surface area contributed by atoms with Crippen LogP contribution in [-0.4, -0.2) is 30.7 Å². The Balaban J connectivity index is 1.98. The zero-order valence-electron chi connectivity index (χ0n) is 11.4. The van der Waals surface area contributed by atoms with Gasteiger partial charge in [-0.1, -0.05) is 19.4 Å². The molecule has 2 rings (SSSR count). The Kier molecular flexibility index (Phi) is 4.27. The van der Waals surface area contributed by atoms with Crippen molar-refractivity contribution in [1.29, 1.82) is 0 Å². The van der Waals surface area contributed by atoms with Gasteiger partial charge in [0, 0.05) is 13.6 Å². The standard InChI is InChI=1S/C14H20N2O3/c1-3-4-11(15)14(17)16(2)8-10-5-6-12-13(7-10)19-9-18-12/h5-7,11H,3-4,8-9,15H2,1-2H3/t11-/m0/s1. The molecule has 1 heterocycles. The second-order valence-electron chi connectivity index (χ2n) is 4.78. The molecule has 0 aromatic heterocycles. The number of ether oxygens (including phenoxy) is 2. The average molecular weight is 264 g/mol. The summed E-state index contributed by atoms with van der Waals surface area (Å²) in [6.07, 6.45) is 1.62. The van der Waals surface area contributed by atoms with Crippen LogP contribution in [0.5, 0.6) is 11.5 Å². The maximum atomic E-state index is 12.0. The number of nitrogens with two attached hydrogens (primary N) is 1. The molecular weight excluding hydrogens is 244 g/mol. The first kappa shape index (κ1) is 13.7. The molecule has 0 spiro atoms. The van der Waals surface area contributed by atoms with Crippen LogP contribution in [-0.2, 0) is 11.3 Å². The SMILES string of the molecule is CCC[C@H](N)C(=O)N(C)Cc1ccc2c(c1)OCO2. The number of carbonyl (C=O) groups excluding carboxylic acids is 1. The lowest BCUT2D eigenvalue weighted by Gasteiger charge is -2.21. The van der Waals surface area contributed by atoms with E-state index in [1.165, 1.54) is 0 Å². The van der Waals surface area contributed by atoms with E-state index >= 15 is 0 Å². The van der Waals surface area contributed by atoms with E-state index in [1.807, 2.05) is 25.1 Å². The monoisotopic (exact) mass is 264 g/mol. The lowest BCUT2D eigenvalue weighted by Crippen LogP contribution is -2.41. The number of fused-ring (bicyclic) bond motifs is 1. The largest absolute Gasteiger partial charge is 0.454 e. The normalized spacial score (nSPS) is 14.3. The second-order valence-corrected chi connectivity index (χ2v) is 4.78. The Morgan fingerprint density at radius 1 is 1.42 bits per heavy atom. The Morgan fingerprint density at radius 3 is 2.89 bits per heavy atom. The molecule has 1 aromatic rings. The van der Waals surface area contributed by atoms with E-state index in [0.717, 1.165) is 23.5 Å². The van der Waals surface area contributed by atoms with E-state index in [9.17, 15) is 4.79 Å². The number of likely N-dealkylation sites (N-methyl/N-ethyl adjacent to an activating group) is 1. The first-order valence-electron chi connectivity index (χ1n) is 6.51. The van der Waals surface area contributed by atoms with Crippen LogP contribution in [0.4, 0.5) is 0 Å². The molecule has 1 atom stereocenters. The van der Waals surface area contributed by atoms with E-state index in [4.69, 9.17) is 15.2 Å². The fourth-order valence-corrected chi connectivity index (χ4v) is 2.11. The van der Waals surface area contributed by atoms with E-state index < -0.39 is 6.04 Å². The number of hydrogen-bond acceptors (Lipinski definition) is 4. The van der Waals surface area contributed by atoms with E-state index in [0.29, 0.717) is 13.0 Å². The minimum Gasteiger partial charge on any atom is -0.454 e. The van der Waals surface area contributed by atoms with Gasteiger partial charge in [-0.2, -0.15) is 0 Å². The van der Waals surface area contributed by atoms with Crippen LogP contribution in [0.2, 0.25) is 0 Å². The highest BCUT2D eigenvalue weighted by molar-refractivity contribution is 5.81. The van der Waals surface area contributed by atoms with Crippen molar-refractivity contribution in [3.05, 3.63) is 23.8 Å². The van der Waals surface area contributed by atoms with Crippen molar-refractivity contribution in [3.63, 3.8) is 0 Å². The zero-order valence-corrected chi connectivity index (χ0v) is 11.4. The van der Waals surface area contributed by atoms with Gasteiger partial charge in [-0.3, -0.25) is 4.79 Å². The lowest BCUT2D eigenvalue weighted by atomic mass is 10.1. The Morgan fingerprint density at radius 2 is 2.16 bits per heavy atom. The molecule has 19 heavy (non-hydrogen) atoms. The molecule has 1 aliphatic rings. The number of hydrogen-bond donors (Lipinski definition) is 1. The summed E-state index contributed by atoms with van der Waals surface area (Å²) < 4.78 is 10.6. The van der Waals surface area contributed by atoms with Crippen LogP contribution in [0.1, 0.15) is 25.3 Å². The third-order valence-electron chi connectivity index (χ3n) is 3.15. The topological polar surface area (TPSA) is 64.8 Å². The van der Waals surface area contributed by atoms with E-state index in [2.05, 4.69) is 0 Å². The van der Waals surface area contributed by atoms with Crippen molar-refractivity contribution >= 4 is 5.91 Å². The van der Waals surface area contributed by atoms with Crippen LogP contribution in [0.15, 0.2) is 18.2 Å². The molecule has 0 bridgehead atoms. The van der Waals surface area contributed by atoms with Gasteiger partial charge in [0.25, 0.3) is 0 Å². The molecule has 0 unspecified atom stereocenters. The molecule has 5 nitrogen and oxygen atoms in total. The molecule has 1 aromatic carbocycles. The van der Waals surface area contributed by atoms with E-state index in [1.54, 1.807) is 11.9 Å². The number of amides is 1. The highest BCUT2D eigenvalue weighted by Crippen LogP contribution is 2.32. The van der Waals surface area contributed by atoms with Gasteiger partial charge in [-0.25, -0.2) is 0 Å². The molecule has 104 valence electrons. The van der Waals surface area contributed by atoms with Crippen molar-refractivity contribution in [1.82, 2.24) is 4.90 Å². The number of nitrogens with zero attached hydrogens (tertiary/aromatic N) is 1. The fraction of sp³-hybridized carbons (Fsp3) is 0.500. The van der Waals surface area contributed by atoms with Gasteiger partial charge in [0.2, 0.25) is 12.7 Å². The highest BCUT2D eigenvalue weighted by Gasteiger charge is 2.18. The number of rotatable bonds is 5. The number of carbonyl (C=O) groups is 1. The molecule has 0 radical (unpaired) electrons. The summed E-state index contributed by atoms with van der Waals surface area (Å²) in [7, 11) is 1.77. The van der Waals surface area contributed by atoms with Gasteiger partial charge in [0.15, 0.2) is 11.5 Å². The van der Waals surface area contributed by atoms with Gasteiger partial charge in [0.05, 0.1) is 6.04 Å². The summed E-state index contributed by atoms with van der Waals surface area (Å²) in [6.45, 7) is 2.80. The Bertz CT molecular complexity index is 462. The maximum Gasteiger partial charge on any atom is 0.239 e. The molecule has 1 aliphatic heterocycles.